The number of benzene rings is 1. The van der Waals surface area contributed by atoms with Crippen LogP contribution >= 0.6 is 0 Å². The normalized spacial score (nSPS) is 9.83. The molecule has 6 heteroatoms. The van der Waals surface area contributed by atoms with Gasteiger partial charge in [-0.1, -0.05) is 0 Å². The SMILES string of the molecule is COc1ccc(OC)c(-c2nc(N)c(C#N)[nH]2)c1. The molecule has 3 N–H and O–H groups in total. The number of rotatable bonds is 3. The number of hydrogen-bond acceptors (Lipinski definition) is 5. The predicted octanol–water partition coefficient (Wildman–Crippen LogP) is 1.55. The van der Waals surface area contributed by atoms with Gasteiger partial charge in [0.05, 0.1) is 19.8 Å². The molecule has 2 aromatic rings. The summed E-state index contributed by atoms with van der Waals surface area (Å²) in [6.45, 7) is 0. The molecule has 0 spiro atoms. The van der Waals surface area contributed by atoms with Crippen molar-refractivity contribution in [3.63, 3.8) is 0 Å². The molecule has 0 radical (unpaired) electrons. The lowest BCUT2D eigenvalue weighted by atomic mass is 10.2. The van der Waals surface area contributed by atoms with Crippen molar-refractivity contribution in [1.82, 2.24) is 9.97 Å². The van der Waals surface area contributed by atoms with Crippen molar-refractivity contribution in [2.45, 2.75) is 0 Å². The van der Waals surface area contributed by atoms with E-state index in [0.717, 1.165) is 0 Å². The highest BCUT2D eigenvalue weighted by molar-refractivity contribution is 5.69. The Balaban J connectivity index is 2.57. The minimum absolute atomic E-state index is 0.164. The molecule has 92 valence electrons. The fourth-order valence-corrected chi connectivity index (χ4v) is 1.60. The molecule has 0 amide bonds. The van der Waals surface area contributed by atoms with E-state index in [2.05, 4.69) is 9.97 Å². The van der Waals surface area contributed by atoms with E-state index in [1.54, 1.807) is 32.4 Å². The first-order valence-corrected chi connectivity index (χ1v) is 5.17. The Bertz CT molecular complexity index is 613. The Hall–Kier alpha value is -2.68. The number of aromatic amines is 1. The van der Waals surface area contributed by atoms with Gasteiger partial charge in [-0.25, -0.2) is 4.98 Å². The Morgan fingerprint density at radius 1 is 1.33 bits per heavy atom. The Morgan fingerprint density at radius 3 is 2.67 bits per heavy atom. The smallest absolute Gasteiger partial charge is 0.161 e. The zero-order chi connectivity index (χ0) is 13.1. The lowest BCUT2D eigenvalue weighted by Gasteiger charge is -2.08. The number of aromatic nitrogens is 2. The number of hydrogen-bond donors (Lipinski definition) is 2. The summed E-state index contributed by atoms with van der Waals surface area (Å²) in [5, 5.41) is 8.85. The summed E-state index contributed by atoms with van der Waals surface area (Å²) in [5.74, 6) is 1.92. The summed E-state index contributed by atoms with van der Waals surface area (Å²) in [6.07, 6.45) is 0. The maximum Gasteiger partial charge on any atom is 0.161 e. The van der Waals surface area contributed by atoms with Gasteiger partial charge in [0.25, 0.3) is 0 Å². The van der Waals surface area contributed by atoms with Gasteiger partial charge in [-0.15, -0.1) is 0 Å². The second-order valence-corrected chi connectivity index (χ2v) is 3.52. The molecule has 0 aliphatic rings. The number of nitrogens with two attached hydrogens (primary N) is 1. The van der Waals surface area contributed by atoms with Gasteiger partial charge in [0.1, 0.15) is 23.4 Å². The maximum absolute atomic E-state index is 8.85. The highest BCUT2D eigenvalue weighted by Gasteiger charge is 2.13. The molecule has 1 aromatic carbocycles. The molecule has 1 aromatic heterocycles. The molecule has 0 fully saturated rings. The number of nitrogen functional groups attached to an aromatic ring is 1. The molecular formula is C12H12N4O2. The van der Waals surface area contributed by atoms with Crippen LogP contribution < -0.4 is 15.2 Å². The van der Waals surface area contributed by atoms with Crippen molar-refractivity contribution < 1.29 is 9.47 Å². The first-order chi connectivity index (χ1) is 8.69. The molecule has 0 atom stereocenters. The van der Waals surface area contributed by atoms with Crippen LogP contribution in [-0.2, 0) is 0 Å². The molecule has 0 aliphatic carbocycles. The van der Waals surface area contributed by atoms with Crippen LogP contribution in [0.2, 0.25) is 0 Å². The minimum Gasteiger partial charge on any atom is -0.497 e. The Labute approximate surface area is 104 Å². The number of imidazole rings is 1. The minimum atomic E-state index is 0.164. The summed E-state index contributed by atoms with van der Waals surface area (Å²) in [5.41, 5.74) is 6.53. The van der Waals surface area contributed by atoms with Crippen molar-refractivity contribution in [3.05, 3.63) is 23.9 Å². The van der Waals surface area contributed by atoms with Crippen LogP contribution in [0.4, 0.5) is 5.82 Å². The van der Waals surface area contributed by atoms with Gasteiger partial charge in [-0.3, -0.25) is 0 Å². The van der Waals surface area contributed by atoms with E-state index in [1.165, 1.54) is 0 Å². The van der Waals surface area contributed by atoms with Crippen molar-refractivity contribution in [2.75, 3.05) is 20.0 Å². The molecule has 0 saturated carbocycles. The van der Waals surface area contributed by atoms with Crippen LogP contribution in [0.1, 0.15) is 5.69 Å². The van der Waals surface area contributed by atoms with E-state index in [0.29, 0.717) is 22.9 Å². The molecule has 0 aliphatic heterocycles. The molecule has 0 saturated heterocycles. The van der Waals surface area contributed by atoms with Crippen LogP contribution in [0.3, 0.4) is 0 Å². The topological polar surface area (TPSA) is 96.9 Å². The van der Waals surface area contributed by atoms with E-state index in [9.17, 15) is 0 Å². The van der Waals surface area contributed by atoms with E-state index in [4.69, 9.17) is 20.5 Å². The molecule has 0 unspecified atom stereocenters. The zero-order valence-electron chi connectivity index (χ0n) is 10.0. The lowest BCUT2D eigenvalue weighted by Crippen LogP contribution is -1.91. The average Bonchev–Trinajstić information content (AvgIpc) is 2.79. The summed E-state index contributed by atoms with van der Waals surface area (Å²) < 4.78 is 10.4. The molecule has 2 rings (SSSR count). The Kier molecular flexibility index (Phi) is 3.06. The summed E-state index contributed by atoms with van der Waals surface area (Å²) in [6, 6.07) is 7.24. The number of H-pyrrole nitrogens is 1. The number of nitrogens with zero attached hydrogens (tertiary/aromatic N) is 2. The summed E-state index contributed by atoms with van der Waals surface area (Å²) in [7, 11) is 3.13. The fraction of sp³-hybridized carbons (Fsp3) is 0.167. The highest BCUT2D eigenvalue weighted by Crippen LogP contribution is 2.32. The van der Waals surface area contributed by atoms with Gasteiger partial charge >= 0.3 is 0 Å². The molecule has 1 heterocycles. The fourth-order valence-electron chi connectivity index (χ4n) is 1.60. The Morgan fingerprint density at radius 2 is 2.11 bits per heavy atom. The quantitative estimate of drug-likeness (QED) is 0.853. The van der Waals surface area contributed by atoms with Crippen LogP contribution in [0.15, 0.2) is 18.2 Å². The zero-order valence-corrected chi connectivity index (χ0v) is 10.0. The van der Waals surface area contributed by atoms with E-state index in [-0.39, 0.29) is 11.5 Å². The number of nitriles is 1. The van der Waals surface area contributed by atoms with Gasteiger partial charge in [0.15, 0.2) is 11.5 Å². The summed E-state index contributed by atoms with van der Waals surface area (Å²) in [4.78, 5) is 6.94. The van der Waals surface area contributed by atoms with Gasteiger partial charge in [0, 0.05) is 0 Å². The van der Waals surface area contributed by atoms with Gasteiger partial charge in [0.2, 0.25) is 0 Å². The van der Waals surface area contributed by atoms with E-state index in [1.807, 2.05) is 6.07 Å². The largest absolute Gasteiger partial charge is 0.497 e. The highest BCUT2D eigenvalue weighted by atomic mass is 16.5. The third kappa shape index (κ3) is 1.94. The first-order valence-electron chi connectivity index (χ1n) is 5.17. The van der Waals surface area contributed by atoms with Gasteiger partial charge in [-0.05, 0) is 18.2 Å². The van der Waals surface area contributed by atoms with Gasteiger partial charge < -0.3 is 20.2 Å². The van der Waals surface area contributed by atoms with Crippen LogP contribution in [0.5, 0.6) is 11.5 Å². The van der Waals surface area contributed by atoms with Crippen LogP contribution in [0, 0.1) is 11.3 Å². The molecule has 0 bridgehead atoms. The van der Waals surface area contributed by atoms with Crippen molar-refractivity contribution in [1.29, 1.82) is 5.26 Å². The van der Waals surface area contributed by atoms with E-state index >= 15 is 0 Å². The monoisotopic (exact) mass is 244 g/mol. The van der Waals surface area contributed by atoms with E-state index < -0.39 is 0 Å². The molecule has 6 nitrogen and oxygen atoms in total. The third-order valence-corrected chi connectivity index (χ3v) is 2.51. The van der Waals surface area contributed by atoms with Gasteiger partial charge in [-0.2, -0.15) is 5.26 Å². The number of ether oxygens (including phenoxy) is 2. The van der Waals surface area contributed by atoms with Crippen molar-refractivity contribution in [2.24, 2.45) is 0 Å². The standard InChI is InChI=1S/C12H12N4O2/c1-17-7-3-4-10(18-2)8(5-7)12-15-9(6-13)11(14)16-12/h3-5H,14H2,1-2H3,(H,15,16). The number of anilines is 1. The lowest BCUT2D eigenvalue weighted by molar-refractivity contribution is 0.404. The van der Waals surface area contributed by atoms with Crippen LogP contribution in [-0.4, -0.2) is 24.2 Å². The maximum atomic E-state index is 8.85. The average molecular weight is 244 g/mol. The summed E-state index contributed by atoms with van der Waals surface area (Å²) >= 11 is 0. The third-order valence-electron chi connectivity index (χ3n) is 2.51. The second-order valence-electron chi connectivity index (χ2n) is 3.52. The molecular weight excluding hydrogens is 232 g/mol. The second kappa shape index (κ2) is 4.67. The number of methoxy groups -OCH3 is 2. The molecule has 18 heavy (non-hydrogen) atoms. The first kappa shape index (κ1) is 11.8. The van der Waals surface area contributed by atoms with Crippen LogP contribution in [0.25, 0.3) is 11.4 Å². The number of nitrogens with one attached hydrogen (secondary N) is 1. The predicted molar refractivity (Wildman–Crippen MR) is 66.3 cm³/mol. The van der Waals surface area contributed by atoms with Crippen molar-refractivity contribution in [3.8, 4) is 29.0 Å². The van der Waals surface area contributed by atoms with Crippen molar-refractivity contribution >= 4 is 5.82 Å².